The lowest BCUT2D eigenvalue weighted by Gasteiger charge is -2.12. The van der Waals surface area contributed by atoms with Crippen LogP contribution in [0.4, 0.5) is 0 Å². The minimum atomic E-state index is 0.0240. The summed E-state index contributed by atoms with van der Waals surface area (Å²) in [6, 6.07) is 7.10. The van der Waals surface area contributed by atoms with E-state index >= 15 is 0 Å². The number of nitrogens with zero attached hydrogens (tertiary/aromatic N) is 1. The second kappa shape index (κ2) is 5.19. The molecular formula is C13H18N2O2. The van der Waals surface area contributed by atoms with Crippen molar-refractivity contribution in [3.05, 3.63) is 29.8 Å². The molecule has 2 N–H and O–H groups in total. The first-order valence-electron chi connectivity index (χ1n) is 5.89. The average molecular weight is 234 g/mol. The Morgan fingerprint density at radius 1 is 1.59 bits per heavy atom. The summed E-state index contributed by atoms with van der Waals surface area (Å²) in [7, 11) is 2.06. The first-order valence-corrected chi connectivity index (χ1v) is 5.89. The molecule has 0 aromatic heterocycles. The number of phenols is 1. The van der Waals surface area contributed by atoms with Crippen molar-refractivity contribution in [2.24, 2.45) is 0 Å². The highest BCUT2D eigenvalue weighted by atomic mass is 16.3. The fourth-order valence-electron chi connectivity index (χ4n) is 2.18. The van der Waals surface area contributed by atoms with Crippen LogP contribution >= 0.6 is 0 Å². The summed E-state index contributed by atoms with van der Waals surface area (Å²) < 4.78 is 0. The highest BCUT2D eigenvalue weighted by Crippen LogP contribution is 2.12. The number of nitrogens with one attached hydrogen (secondary N) is 1. The van der Waals surface area contributed by atoms with Crippen LogP contribution in [0.2, 0.25) is 0 Å². The molecule has 17 heavy (non-hydrogen) atoms. The molecule has 1 aromatic carbocycles. The number of likely N-dealkylation sites (tertiary alicyclic amines) is 1. The predicted octanol–water partition coefficient (Wildman–Crippen LogP) is 0.755. The van der Waals surface area contributed by atoms with E-state index in [2.05, 4.69) is 17.3 Å². The molecule has 1 saturated heterocycles. The zero-order chi connectivity index (χ0) is 12.3. The predicted molar refractivity (Wildman–Crippen MR) is 65.9 cm³/mol. The van der Waals surface area contributed by atoms with E-state index in [9.17, 15) is 9.90 Å². The van der Waals surface area contributed by atoms with Crippen LogP contribution in [0.15, 0.2) is 24.3 Å². The van der Waals surface area contributed by atoms with E-state index in [0.717, 1.165) is 25.1 Å². The quantitative estimate of drug-likeness (QED) is 0.811. The second-order valence-electron chi connectivity index (χ2n) is 4.66. The third-order valence-electron chi connectivity index (χ3n) is 3.03. The second-order valence-corrected chi connectivity index (χ2v) is 4.66. The molecule has 0 saturated carbocycles. The van der Waals surface area contributed by atoms with E-state index in [0.29, 0.717) is 6.42 Å². The van der Waals surface area contributed by atoms with Gasteiger partial charge in [-0.3, -0.25) is 4.79 Å². The number of carbonyl (C=O) groups excluding carboxylic acids is 1. The maximum absolute atomic E-state index is 11.8. The Morgan fingerprint density at radius 2 is 2.41 bits per heavy atom. The molecule has 0 spiro atoms. The lowest BCUT2D eigenvalue weighted by Crippen LogP contribution is -2.37. The van der Waals surface area contributed by atoms with Crippen LogP contribution in [0.1, 0.15) is 12.0 Å². The topological polar surface area (TPSA) is 52.6 Å². The van der Waals surface area contributed by atoms with E-state index in [1.807, 2.05) is 6.07 Å². The summed E-state index contributed by atoms with van der Waals surface area (Å²) in [5, 5.41) is 12.3. The molecule has 4 nitrogen and oxygen atoms in total. The molecule has 1 heterocycles. The summed E-state index contributed by atoms with van der Waals surface area (Å²) in [5.41, 5.74) is 0.842. The Hall–Kier alpha value is -1.55. The normalized spacial score (nSPS) is 20.4. The SMILES string of the molecule is CN1CCC(NC(=O)Cc2cccc(O)c2)C1. The zero-order valence-electron chi connectivity index (χ0n) is 10.0. The summed E-state index contributed by atoms with van der Waals surface area (Å²) in [6.45, 7) is 1.96. The van der Waals surface area contributed by atoms with Crippen LogP contribution < -0.4 is 5.32 Å². The minimum absolute atomic E-state index is 0.0240. The molecule has 1 unspecified atom stereocenters. The zero-order valence-corrected chi connectivity index (χ0v) is 10.0. The van der Waals surface area contributed by atoms with Gasteiger partial charge in [-0.2, -0.15) is 0 Å². The van der Waals surface area contributed by atoms with Crippen molar-refractivity contribution in [3.63, 3.8) is 0 Å². The number of likely N-dealkylation sites (N-methyl/N-ethyl adjacent to an activating group) is 1. The first-order chi connectivity index (χ1) is 8.13. The van der Waals surface area contributed by atoms with Crippen LogP contribution in [0.3, 0.4) is 0 Å². The molecule has 2 rings (SSSR count). The lowest BCUT2D eigenvalue weighted by atomic mass is 10.1. The van der Waals surface area contributed by atoms with Crippen LogP contribution in [-0.4, -0.2) is 42.1 Å². The Kier molecular flexibility index (Phi) is 3.64. The van der Waals surface area contributed by atoms with Gasteiger partial charge in [-0.15, -0.1) is 0 Å². The van der Waals surface area contributed by atoms with Gasteiger partial charge in [0.05, 0.1) is 6.42 Å². The molecule has 1 aliphatic heterocycles. The van der Waals surface area contributed by atoms with Gasteiger partial charge in [-0.25, -0.2) is 0 Å². The van der Waals surface area contributed by atoms with Gasteiger partial charge in [0.25, 0.3) is 0 Å². The minimum Gasteiger partial charge on any atom is -0.508 e. The van der Waals surface area contributed by atoms with Crippen molar-refractivity contribution < 1.29 is 9.90 Å². The highest BCUT2D eigenvalue weighted by molar-refractivity contribution is 5.79. The summed E-state index contributed by atoms with van der Waals surface area (Å²) in [4.78, 5) is 14.0. The molecule has 1 aliphatic rings. The molecule has 4 heteroatoms. The van der Waals surface area contributed by atoms with Crippen molar-refractivity contribution >= 4 is 5.91 Å². The maximum Gasteiger partial charge on any atom is 0.224 e. The van der Waals surface area contributed by atoms with Crippen LogP contribution in [-0.2, 0) is 11.2 Å². The number of phenolic OH excluding ortho intramolecular Hbond substituents is 1. The van der Waals surface area contributed by atoms with Crippen molar-refractivity contribution in [2.75, 3.05) is 20.1 Å². The number of hydrogen-bond acceptors (Lipinski definition) is 3. The van der Waals surface area contributed by atoms with E-state index in [1.165, 1.54) is 0 Å². The Labute approximate surface area is 101 Å². The summed E-state index contributed by atoms with van der Waals surface area (Å²) >= 11 is 0. The maximum atomic E-state index is 11.8. The van der Waals surface area contributed by atoms with Crippen molar-refractivity contribution in [1.82, 2.24) is 10.2 Å². The monoisotopic (exact) mass is 234 g/mol. The van der Waals surface area contributed by atoms with Gasteiger partial charge >= 0.3 is 0 Å². The molecule has 0 bridgehead atoms. The third kappa shape index (κ3) is 3.46. The van der Waals surface area contributed by atoms with Gasteiger partial charge in [-0.1, -0.05) is 12.1 Å². The van der Waals surface area contributed by atoms with Crippen molar-refractivity contribution in [3.8, 4) is 5.75 Å². The van der Waals surface area contributed by atoms with Gasteiger partial charge in [0.2, 0.25) is 5.91 Å². The van der Waals surface area contributed by atoms with E-state index in [1.54, 1.807) is 18.2 Å². The van der Waals surface area contributed by atoms with Gasteiger partial charge in [0.15, 0.2) is 0 Å². The Bertz CT molecular complexity index is 406. The smallest absolute Gasteiger partial charge is 0.224 e. The van der Waals surface area contributed by atoms with Crippen LogP contribution in [0.5, 0.6) is 5.75 Å². The molecule has 0 radical (unpaired) electrons. The molecule has 1 fully saturated rings. The Balaban J connectivity index is 1.85. The van der Waals surface area contributed by atoms with Crippen molar-refractivity contribution in [1.29, 1.82) is 0 Å². The van der Waals surface area contributed by atoms with Crippen LogP contribution in [0.25, 0.3) is 0 Å². The first kappa shape index (κ1) is 11.9. The highest BCUT2D eigenvalue weighted by Gasteiger charge is 2.20. The number of amides is 1. The number of hydrogen-bond donors (Lipinski definition) is 2. The molecule has 1 atom stereocenters. The standard InChI is InChI=1S/C13H18N2O2/c1-15-6-5-11(9-15)14-13(17)8-10-3-2-4-12(16)7-10/h2-4,7,11,16H,5-6,8-9H2,1H3,(H,14,17). The molecule has 1 aromatic rings. The summed E-state index contributed by atoms with van der Waals surface area (Å²) in [6.07, 6.45) is 1.34. The van der Waals surface area contributed by atoms with Crippen molar-refractivity contribution in [2.45, 2.75) is 18.9 Å². The van der Waals surface area contributed by atoms with Gasteiger partial charge in [0, 0.05) is 12.6 Å². The Morgan fingerprint density at radius 3 is 3.06 bits per heavy atom. The van der Waals surface area contributed by atoms with Gasteiger partial charge in [-0.05, 0) is 37.7 Å². The largest absolute Gasteiger partial charge is 0.508 e. The van der Waals surface area contributed by atoms with E-state index in [-0.39, 0.29) is 17.7 Å². The number of benzene rings is 1. The fraction of sp³-hybridized carbons (Fsp3) is 0.462. The number of aromatic hydroxyl groups is 1. The van der Waals surface area contributed by atoms with E-state index < -0.39 is 0 Å². The summed E-state index contributed by atoms with van der Waals surface area (Å²) in [5.74, 6) is 0.229. The fourth-order valence-corrected chi connectivity index (χ4v) is 2.18. The van der Waals surface area contributed by atoms with E-state index in [4.69, 9.17) is 0 Å². The molecule has 1 amide bonds. The number of rotatable bonds is 3. The number of carbonyl (C=O) groups is 1. The van der Waals surface area contributed by atoms with Crippen LogP contribution in [0, 0.1) is 0 Å². The molecular weight excluding hydrogens is 216 g/mol. The third-order valence-corrected chi connectivity index (χ3v) is 3.03. The lowest BCUT2D eigenvalue weighted by molar-refractivity contribution is -0.121. The average Bonchev–Trinajstić information content (AvgIpc) is 2.63. The molecule has 92 valence electrons. The molecule has 0 aliphatic carbocycles. The van der Waals surface area contributed by atoms with Gasteiger partial charge in [0.1, 0.15) is 5.75 Å². The van der Waals surface area contributed by atoms with Gasteiger partial charge < -0.3 is 15.3 Å².